The number of hydrogen-bond acceptors (Lipinski definition) is 4. The zero-order valence-electron chi connectivity index (χ0n) is 15.0. The van der Waals surface area contributed by atoms with Crippen LogP contribution in [0.3, 0.4) is 0 Å². The van der Waals surface area contributed by atoms with Crippen LogP contribution in [-0.4, -0.2) is 34.0 Å². The Kier molecular flexibility index (Phi) is 5.29. The molecule has 1 aliphatic heterocycles. The molecule has 2 aromatic carbocycles. The number of hydrogen-bond donors (Lipinski definition) is 2. The summed E-state index contributed by atoms with van der Waals surface area (Å²) < 4.78 is 27.7. The number of benzene rings is 2. The molecular weight excluding hydrogens is 350 g/mol. The highest BCUT2D eigenvalue weighted by atomic mass is 32.2. The first kappa shape index (κ1) is 18.4. The van der Waals surface area contributed by atoms with Gasteiger partial charge in [-0.1, -0.05) is 29.8 Å². The number of nitrogens with one attached hydrogen (secondary N) is 2. The molecule has 7 heteroatoms. The highest BCUT2D eigenvalue weighted by Gasteiger charge is 2.18. The van der Waals surface area contributed by atoms with Gasteiger partial charge in [-0.15, -0.1) is 0 Å². The minimum absolute atomic E-state index is 0.0153. The Bertz CT molecular complexity index is 908. The van der Waals surface area contributed by atoms with Crippen LogP contribution in [0.4, 0.5) is 5.69 Å². The fourth-order valence-electron chi connectivity index (χ4n) is 3.04. The van der Waals surface area contributed by atoms with Crippen molar-refractivity contribution >= 4 is 21.6 Å². The molecule has 6 nitrogen and oxygen atoms in total. The molecule has 1 heterocycles. The summed E-state index contributed by atoms with van der Waals surface area (Å²) >= 11 is 0. The molecule has 0 bridgehead atoms. The number of aryl methyl sites for hydroxylation is 2. The number of carbonyl (C=O) groups is 1. The molecule has 26 heavy (non-hydrogen) atoms. The topological polar surface area (TPSA) is 78.5 Å². The van der Waals surface area contributed by atoms with Gasteiger partial charge in [0.25, 0.3) is 0 Å². The van der Waals surface area contributed by atoms with Crippen LogP contribution >= 0.6 is 0 Å². The summed E-state index contributed by atoms with van der Waals surface area (Å²) in [6, 6.07) is 12.9. The first-order valence-electron chi connectivity index (χ1n) is 8.53. The van der Waals surface area contributed by atoms with Crippen LogP contribution in [0.2, 0.25) is 0 Å². The van der Waals surface area contributed by atoms with Crippen LogP contribution in [0.1, 0.15) is 16.7 Å². The molecule has 1 saturated heterocycles. The van der Waals surface area contributed by atoms with Gasteiger partial charge in [0.1, 0.15) is 0 Å². The second kappa shape index (κ2) is 7.47. The van der Waals surface area contributed by atoms with Crippen molar-refractivity contribution < 1.29 is 13.2 Å². The lowest BCUT2D eigenvalue weighted by Crippen LogP contribution is -2.47. The fraction of sp³-hybridized carbons (Fsp3) is 0.316. The number of rotatable bonds is 5. The maximum atomic E-state index is 12.5. The second-order valence-corrected chi connectivity index (χ2v) is 8.27. The zero-order valence-corrected chi connectivity index (χ0v) is 15.8. The summed E-state index contributed by atoms with van der Waals surface area (Å²) in [5, 5.41) is 2.80. The summed E-state index contributed by atoms with van der Waals surface area (Å²) in [5.41, 5.74) is 3.59. The summed E-state index contributed by atoms with van der Waals surface area (Å²) in [4.78, 5) is 13.8. The number of piperazine rings is 1. The predicted octanol–water partition coefficient (Wildman–Crippen LogP) is 1.72. The van der Waals surface area contributed by atoms with Gasteiger partial charge in [0, 0.05) is 25.3 Å². The Morgan fingerprint density at radius 1 is 1.12 bits per heavy atom. The molecular formula is C19H23N3O3S. The zero-order chi connectivity index (χ0) is 18.7. The molecule has 0 aromatic heterocycles. The van der Waals surface area contributed by atoms with Crippen LogP contribution in [0.25, 0.3) is 0 Å². The van der Waals surface area contributed by atoms with Gasteiger partial charge in [0.05, 0.1) is 11.4 Å². The molecule has 1 amide bonds. The minimum atomic E-state index is -3.56. The van der Waals surface area contributed by atoms with Gasteiger partial charge >= 0.3 is 0 Å². The number of carbonyl (C=O) groups excluding carboxylic acids is 1. The van der Waals surface area contributed by atoms with E-state index in [1.54, 1.807) is 19.1 Å². The molecule has 2 N–H and O–H groups in total. The first-order valence-corrected chi connectivity index (χ1v) is 10.0. The number of anilines is 1. The van der Waals surface area contributed by atoms with Gasteiger partial charge in [-0.05, 0) is 43.2 Å². The van der Waals surface area contributed by atoms with Crippen LogP contribution in [-0.2, 0) is 21.4 Å². The quantitative estimate of drug-likeness (QED) is 0.837. The Hall–Kier alpha value is -2.38. The number of nitrogens with zero attached hydrogens (tertiary/aromatic N) is 1. The Morgan fingerprint density at radius 3 is 2.50 bits per heavy atom. The average Bonchev–Trinajstić information content (AvgIpc) is 2.60. The van der Waals surface area contributed by atoms with Crippen molar-refractivity contribution in [2.75, 3.05) is 24.5 Å². The van der Waals surface area contributed by atoms with Crippen LogP contribution in [0, 0.1) is 13.8 Å². The van der Waals surface area contributed by atoms with Crippen molar-refractivity contribution in [1.29, 1.82) is 0 Å². The molecule has 0 atom stereocenters. The third-order valence-corrected chi connectivity index (χ3v) is 5.99. The van der Waals surface area contributed by atoms with Gasteiger partial charge in [0.15, 0.2) is 0 Å². The van der Waals surface area contributed by atoms with E-state index in [-0.39, 0.29) is 12.5 Å². The normalized spacial score (nSPS) is 15.0. The van der Waals surface area contributed by atoms with E-state index in [0.29, 0.717) is 18.0 Å². The van der Waals surface area contributed by atoms with Crippen molar-refractivity contribution in [3.63, 3.8) is 0 Å². The van der Waals surface area contributed by atoms with E-state index in [1.807, 2.05) is 42.2 Å². The smallest absolute Gasteiger partial charge is 0.241 e. The molecule has 0 aliphatic carbocycles. The Labute approximate surface area is 154 Å². The second-order valence-electron chi connectivity index (χ2n) is 6.53. The number of amides is 1. The molecule has 0 spiro atoms. The van der Waals surface area contributed by atoms with Crippen molar-refractivity contribution in [3.05, 3.63) is 59.2 Å². The maximum absolute atomic E-state index is 12.5. The van der Waals surface area contributed by atoms with E-state index in [9.17, 15) is 13.2 Å². The SMILES string of the molecule is Cc1ccc(S(=O)(=O)NCc2ccc(N3CCNC(=O)C3)cc2)c(C)c1. The minimum Gasteiger partial charge on any atom is -0.360 e. The van der Waals surface area contributed by atoms with Crippen LogP contribution in [0.5, 0.6) is 0 Å². The predicted molar refractivity (Wildman–Crippen MR) is 102 cm³/mol. The maximum Gasteiger partial charge on any atom is 0.241 e. The van der Waals surface area contributed by atoms with Gasteiger partial charge in [-0.3, -0.25) is 4.79 Å². The van der Waals surface area contributed by atoms with E-state index in [4.69, 9.17) is 0 Å². The summed E-state index contributed by atoms with van der Waals surface area (Å²) in [6.45, 7) is 5.70. The lowest BCUT2D eigenvalue weighted by Gasteiger charge is -2.28. The van der Waals surface area contributed by atoms with Crippen molar-refractivity contribution in [1.82, 2.24) is 10.0 Å². The van der Waals surface area contributed by atoms with E-state index >= 15 is 0 Å². The standard InChI is InChI=1S/C19H23N3O3S/c1-14-3-8-18(15(2)11-14)26(24,25)21-12-16-4-6-17(7-5-16)22-10-9-20-19(23)13-22/h3-8,11,21H,9-10,12-13H2,1-2H3,(H,20,23). The highest BCUT2D eigenvalue weighted by molar-refractivity contribution is 7.89. The van der Waals surface area contributed by atoms with Crippen LogP contribution in [0.15, 0.2) is 47.4 Å². The summed E-state index contributed by atoms with van der Waals surface area (Å²) in [7, 11) is -3.56. The lowest BCUT2D eigenvalue weighted by molar-refractivity contribution is -0.120. The van der Waals surface area contributed by atoms with Crippen molar-refractivity contribution in [3.8, 4) is 0 Å². The molecule has 3 rings (SSSR count). The molecule has 0 unspecified atom stereocenters. The first-order chi connectivity index (χ1) is 12.3. The molecule has 1 aliphatic rings. The molecule has 0 radical (unpaired) electrons. The van der Waals surface area contributed by atoms with Gasteiger partial charge in [-0.25, -0.2) is 13.1 Å². The van der Waals surface area contributed by atoms with E-state index in [2.05, 4.69) is 10.0 Å². The van der Waals surface area contributed by atoms with Crippen LogP contribution < -0.4 is 14.9 Å². The highest BCUT2D eigenvalue weighted by Crippen LogP contribution is 2.18. The van der Waals surface area contributed by atoms with E-state index in [0.717, 1.165) is 28.9 Å². The third kappa shape index (κ3) is 4.23. The van der Waals surface area contributed by atoms with Gasteiger partial charge in [0.2, 0.25) is 15.9 Å². The largest absolute Gasteiger partial charge is 0.360 e. The van der Waals surface area contributed by atoms with E-state index < -0.39 is 10.0 Å². The monoisotopic (exact) mass is 373 g/mol. The molecule has 2 aromatic rings. The fourth-order valence-corrected chi connectivity index (χ4v) is 4.28. The third-order valence-electron chi connectivity index (χ3n) is 4.43. The Morgan fingerprint density at radius 2 is 1.85 bits per heavy atom. The van der Waals surface area contributed by atoms with Crippen molar-refractivity contribution in [2.45, 2.75) is 25.3 Å². The Balaban J connectivity index is 1.66. The molecule has 0 saturated carbocycles. The summed E-state index contributed by atoms with van der Waals surface area (Å²) in [6.07, 6.45) is 0. The lowest BCUT2D eigenvalue weighted by atomic mass is 10.2. The molecule has 138 valence electrons. The van der Waals surface area contributed by atoms with E-state index in [1.165, 1.54) is 0 Å². The number of sulfonamides is 1. The van der Waals surface area contributed by atoms with Crippen molar-refractivity contribution in [2.24, 2.45) is 0 Å². The average molecular weight is 373 g/mol. The molecule has 1 fully saturated rings. The van der Waals surface area contributed by atoms with Gasteiger partial charge < -0.3 is 10.2 Å². The summed E-state index contributed by atoms with van der Waals surface area (Å²) in [5.74, 6) is 0.0153. The van der Waals surface area contributed by atoms with Gasteiger partial charge in [-0.2, -0.15) is 0 Å².